The zero-order valence-electron chi connectivity index (χ0n) is 13.3. The van der Waals surface area contributed by atoms with Crippen molar-refractivity contribution in [2.75, 3.05) is 0 Å². The van der Waals surface area contributed by atoms with Crippen LogP contribution in [-0.2, 0) is 11.3 Å². The van der Waals surface area contributed by atoms with Crippen LogP contribution in [0.15, 0.2) is 51.7 Å². The van der Waals surface area contributed by atoms with E-state index in [4.69, 9.17) is 20.8 Å². The number of ether oxygens (including phenoxy) is 1. The van der Waals surface area contributed by atoms with Crippen LogP contribution in [0.5, 0.6) is 0 Å². The Morgan fingerprint density at radius 2 is 1.92 bits per heavy atom. The largest absolute Gasteiger partial charge is 0.455 e. The van der Waals surface area contributed by atoms with Crippen molar-refractivity contribution in [2.24, 2.45) is 0 Å². The van der Waals surface area contributed by atoms with E-state index in [0.717, 1.165) is 22.8 Å². The van der Waals surface area contributed by atoms with E-state index in [1.165, 1.54) is 6.07 Å². The minimum atomic E-state index is -0.676. The van der Waals surface area contributed by atoms with Crippen LogP contribution in [0.2, 0.25) is 5.02 Å². The first-order valence-corrected chi connectivity index (χ1v) is 7.78. The SMILES string of the molecule is Cc1ccc(C)c(COC(=O)c2cc(=O)c3cc(Cl)ccc3o2)c1. The maximum atomic E-state index is 12.2. The monoisotopic (exact) mass is 342 g/mol. The predicted octanol–water partition coefficient (Wildman–Crippen LogP) is 4.42. The van der Waals surface area contributed by atoms with E-state index in [0.29, 0.717) is 16.0 Å². The smallest absolute Gasteiger partial charge is 0.374 e. The molecule has 24 heavy (non-hydrogen) atoms. The Kier molecular flexibility index (Phi) is 4.40. The van der Waals surface area contributed by atoms with Gasteiger partial charge in [-0.05, 0) is 43.2 Å². The highest BCUT2D eigenvalue weighted by Gasteiger charge is 2.14. The normalized spacial score (nSPS) is 10.8. The molecule has 0 N–H and O–H groups in total. The van der Waals surface area contributed by atoms with Gasteiger partial charge in [-0.25, -0.2) is 4.79 Å². The van der Waals surface area contributed by atoms with Crippen molar-refractivity contribution < 1.29 is 13.9 Å². The van der Waals surface area contributed by atoms with Gasteiger partial charge in [0.1, 0.15) is 12.2 Å². The molecular weight excluding hydrogens is 328 g/mol. The summed E-state index contributed by atoms with van der Waals surface area (Å²) in [6, 6.07) is 11.7. The molecule has 1 heterocycles. The summed E-state index contributed by atoms with van der Waals surface area (Å²) < 4.78 is 10.7. The number of hydrogen-bond acceptors (Lipinski definition) is 4. The molecule has 1 aromatic heterocycles. The molecule has 0 fully saturated rings. The van der Waals surface area contributed by atoms with Crippen LogP contribution in [-0.4, -0.2) is 5.97 Å². The summed E-state index contributed by atoms with van der Waals surface area (Å²) in [5, 5.41) is 0.758. The minimum Gasteiger partial charge on any atom is -0.455 e. The summed E-state index contributed by atoms with van der Waals surface area (Å²) >= 11 is 5.87. The zero-order chi connectivity index (χ0) is 17.3. The number of benzene rings is 2. The van der Waals surface area contributed by atoms with Crippen molar-refractivity contribution in [1.29, 1.82) is 0 Å². The second kappa shape index (κ2) is 6.49. The van der Waals surface area contributed by atoms with E-state index in [9.17, 15) is 9.59 Å². The van der Waals surface area contributed by atoms with Crippen LogP contribution in [0.1, 0.15) is 27.2 Å². The van der Waals surface area contributed by atoms with E-state index >= 15 is 0 Å². The lowest BCUT2D eigenvalue weighted by molar-refractivity contribution is 0.0436. The molecule has 0 bridgehead atoms. The Morgan fingerprint density at radius 1 is 1.12 bits per heavy atom. The van der Waals surface area contributed by atoms with Crippen LogP contribution in [0.4, 0.5) is 0 Å². The van der Waals surface area contributed by atoms with Gasteiger partial charge in [-0.15, -0.1) is 0 Å². The molecule has 0 aliphatic rings. The lowest BCUT2D eigenvalue weighted by Gasteiger charge is -2.08. The first-order valence-electron chi connectivity index (χ1n) is 7.41. The van der Waals surface area contributed by atoms with Crippen molar-refractivity contribution >= 4 is 28.5 Å². The van der Waals surface area contributed by atoms with Crippen molar-refractivity contribution in [2.45, 2.75) is 20.5 Å². The lowest BCUT2D eigenvalue weighted by atomic mass is 10.1. The van der Waals surface area contributed by atoms with Gasteiger partial charge in [0.15, 0.2) is 5.43 Å². The summed E-state index contributed by atoms with van der Waals surface area (Å²) in [7, 11) is 0. The van der Waals surface area contributed by atoms with Gasteiger partial charge in [0.05, 0.1) is 5.39 Å². The standard InChI is InChI=1S/C19H15ClO4/c1-11-3-4-12(2)13(7-11)10-23-19(22)18-9-16(21)15-8-14(20)5-6-17(15)24-18/h3-9H,10H2,1-2H3. The summed E-state index contributed by atoms with van der Waals surface area (Å²) in [6.07, 6.45) is 0. The molecule has 0 radical (unpaired) electrons. The van der Waals surface area contributed by atoms with Gasteiger partial charge in [0, 0.05) is 11.1 Å². The van der Waals surface area contributed by atoms with Crippen LogP contribution in [0.3, 0.4) is 0 Å². The molecule has 3 rings (SSSR count). The van der Waals surface area contributed by atoms with Crippen molar-refractivity contribution in [3.63, 3.8) is 0 Å². The third-order valence-electron chi connectivity index (χ3n) is 3.75. The fraction of sp³-hybridized carbons (Fsp3) is 0.158. The molecule has 2 aromatic carbocycles. The molecule has 0 saturated heterocycles. The first kappa shape index (κ1) is 16.3. The highest BCUT2D eigenvalue weighted by atomic mass is 35.5. The number of rotatable bonds is 3. The van der Waals surface area contributed by atoms with Crippen LogP contribution in [0.25, 0.3) is 11.0 Å². The summed E-state index contributed by atoms with van der Waals surface area (Å²) in [5.74, 6) is -0.801. The number of carbonyl (C=O) groups excluding carboxylic acids is 1. The van der Waals surface area contributed by atoms with Gasteiger partial charge < -0.3 is 9.15 Å². The molecule has 0 aliphatic carbocycles. The Bertz CT molecular complexity index is 988. The average molecular weight is 343 g/mol. The second-order valence-corrected chi connectivity index (χ2v) is 6.06. The Morgan fingerprint density at radius 3 is 2.71 bits per heavy atom. The molecule has 0 atom stereocenters. The molecule has 0 amide bonds. The van der Waals surface area contributed by atoms with Crippen LogP contribution >= 0.6 is 11.6 Å². The van der Waals surface area contributed by atoms with Crippen molar-refractivity contribution in [3.05, 3.63) is 80.2 Å². The fourth-order valence-corrected chi connectivity index (χ4v) is 2.57. The highest BCUT2D eigenvalue weighted by molar-refractivity contribution is 6.31. The van der Waals surface area contributed by atoms with Gasteiger partial charge in [0.2, 0.25) is 5.76 Å². The Balaban J connectivity index is 1.85. The quantitative estimate of drug-likeness (QED) is 0.661. The third kappa shape index (κ3) is 3.34. The van der Waals surface area contributed by atoms with Crippen molar-refractivity contribution in [3.8, 4) is 0 Å². The zero-order valence-corrected chi connectivity index (χ0v) is 14.0. The minimum absolute atomic E-state index is 0.120. The molecule has 122 valence electrons. The number of carbonyl (C=O) groups is 1. The number of esters is 1. The fourth-order valence-electron chi connectivity index (χ4n) is 2.40. The van der Waals surface area contributed by atoms with Gasteiger partial charge >= 0.3 is 5.97 Å². The molecule has 0 saturated carbocycles. The molecular formula is C19H15ClO4. The topological polar surface area (TPSA) is 56.5 Å². The van der Waals surface area contributed by atoms with Crippen molar-refractivity contribution in [1.82, 2.24) is 0 Å². The molecule has 3 aromatic rings. The first-order chi connectivity index (χ1) is 11.4. The highest BCUT2D eigenvalue weighted by Crippen LogP contribution is 2.18. The summed E-state index contributed by atoms with van der Waals surface area (Å²) in [4.78, 5) is 24.3. The van der Waals surface area contributed by atoms with Gasteiger partial charge in [-0.3, -0.25) is 4.79 Å². The van der Waals surface area contributed by atoms with Crippen LogP contribution in [0, 0.1) is 13.8 Å². The number of fused-ring (bicyclic) bond motifs is 1. The molecule has 0 spiro atoms. The Hall–Kier alpha value is -2.59. The van der Waals surface area contributed by atoms with Crippen LogP contribution < -0.4 is 5.43 Å². The second-order valence-electron chi connectivity index (χ2n) is 5.62. The van der Waals surface area contributed by atoms with Gasteiger partial charge in [-0.1, -0.05) is 35.4 Å². The van der Waals surface area contributed by atoms with E-state index in [1.807, 2.05) is 32.0 Å². The van der Waals surface area contributed by atoms with E-state index in [-0.39, 0.29) is 17.8 Å². The van der Waals surface area contributed by atoms with Gasteiger partial charge in [-0.2, -0.15) is 0 Å². The maximum absolute atomic E-state index is 12.2. The average Bonchev–Trinajstić information content (AvgIpc) is 2.56. The molecule has 4 nitrogen and oxygen atoms in total. The number of hydrogen-bond donors (Lipinski definition) is 0. The number of halogens is 1. The van der Waals surface area contributed by atoms with E-state index in [1.54, 1.807) is 12.1 Å². The maximum Gasteiger partial charge on any atom is 0.374 e. The number of aryl methyl sites for hydroxylation is 2. The summed E-state index contributed by atoms with van der Waals surface area (Å²) in [6.45, 7) is 4.04. The molecule has 5 heteroatoms. The molecule has 0 unspecified atom stereocenters. The predicted molar refractivity (Wildman–Crippen MR) is 92.5 cm³/mol. The van der Waals surface area contributed by atoms with E-state index < -0.39 is 5.97 Å². The Labute approximate surface area is 143 Å². The third-order valence-corrected chi connectivity index (χ3v) is 3.99. The lowest BCUT2D eigenvalue weighted by Crippen LogP contribution is -2.10. The summed E-state index contributed by atoms with van der Waals surface area (Å²) in [5.41, 5.74) is 2.99. The van der Waals surface area contributed by atoms with E-state index in [2.05, 4.69) is 0 Å². The van der Waals surface area contributed by atoms with Gasteiger partial charge in [0.25, 0.3) is 0 Å². The molecule has 0 aliphatic heterocycles.